The number of benzene rings is 3. The molecule has 0 radical (unpaired) electrons. The molecule has 5 aromatic rings. The number of fused-ring (bicyclic) bond motifs is 1. The van der Waals surface area contributed by atoms with E-state index in [2.05, 4.69) is 26.0 Å². The highest BCUT2D eigenvalue weighted by Gasteiger charge is 2.21. The van der Waals surface area contributed by atoms with Crippen molar-refractivity contribution in [1.29, 1.82) is 0 Å². The number of nitrogens with one attached hydrogen (secondary N) is 1. The summed E-state index contributed by atoms with van der Waals surface area (Å²) in [6, 6.07) is 14.5. The number of carbonyl (C=O) groups is 1. The van der Waals surface area contributed by atoms with Gasteiger partial charge < -0.3 is 15.6 Å². The number of amides is 1. The normalized spacial score (nSPS) is 11.6. The Bertz CT molecular complexity index is 1710. The second kappa shape index (κ2) is 8.27. The number of carbonyl (C=O) groups excluding carboxylic acids is 1. The summed E-state index contributed by atoms with van der Waals surface area (Å²) in [7, 11) is -4.03. The van der Waals surface area contributed by atoms with Crippen molar-refractivity contribution >= 4 is 38.4 Å². The number of hydrogen-bond donors (Lipinski definition) is 3. The molecule has 1 amide bonds. The maximum atomic E-state index is 14.9. The van der Waals surface area contributed by atoms with Crippen LogP contribution in [0, 0.1) is 5.82 Å². The van der Waals surface area contributed by atoms with Crippen molar-refractivity contribution in [2.24, 2.45) is 5.14 Å². The van der Waals surface area contributed by atoms with Crippen molar-refractivity contribution in [1.82, 2.24) is 25.4 Å². The molecule has 0 fully saturated rings. The van der Waals surface area contributed by atoms with Gasteiger partial charge in [-0.05, 0) is 52.4 Å². The van der Waals surface area contributed by atoms with Crippen LogP contribution in [0.5, 0.6) is 0 Å². The van der Waals surface area contributed by atoms with E-state index in [1.165, 1.54) is 30.3 Å². The highest BCUT2D eigenvalue weighted by atomic mass is 32.2. The number of primary sulfonamides is 1. The number of anilines is 2. The minimum atomic E-state index is -4.03. The van der Waals surface area contributed by atoms with Gasteiger partial charge in [0.15, 0.2) is 11.4 Å². The molecule has 0 saturated heterocycles. The first-order valence-electron chi connectivity index (χ1n) is 9.89. The lowest BCUT2D eigenvalue weighted by Crippen LogP contribution is -2.19. The number of halogens is 1. The van der Waals surface area contributed by atoms with E-state index in [1.54, 1.807) is 24.3 Å². The van der Waals surface area contributed by atoms with E-state index in [1.807, 2.05) is 0 Å². The molecule has 0 bridgehead atoms. The third-order valence-corrected chi connectivity index (χ3v) is 6.09. The molecule has 0 aliphatic carbocycles. The summed E-state index contributed by atoms with van der Waals surface area (Å²) in [4.78, 5) is 12.7. The number of rotatable bonds is 5. The van der Waals surface area contributed by atoms with Crippen LogP contribution in [-0.2, 0) is 10.0 Å². The van der Waals surface area contributed by atoms with Gasteiger partial charge in [0, 0.05) is 5.56 Å². The minimum absolute atomic E-state index is 0.152. The molecule has 3 aromatic carbocycles. The van der Waals surface area contributed by atoms with Gasteiger partial charge in [-0.3, -0.25) is 4.79 Å². The maximum absolute atomic E-state index is 14.9. The summed E-state index contributed by atoms with van der Waals surface area (Å²) in [6.07, 6.45) is 0. The second-order valence-electron chi connectivity index (χ2n) is 7.35. The van der Waals surface area contributed by atoms with E-state index in [-0.39, 0.29) is 33.4 Å². The fourth-order valence-electron chi connectivity index (χ4n) is 3.50. The highest BCUT2D eigenvalue weighted by Crippen LogP contribution is 2.29. The molecule has 35 heavy (non-hydrogen) atoms. The summed E-state index contributed by atoms with van der Waals surface area (Å²) in [5, 5.41) is 22.9. The first-order valence-corrected chi connectivity index (χ1v) is 11.4. The van der Waals surface area contributed by atoms with Gasteiger partial charge in [0.2, 0.25) is 15.8 Å². The van der Waals surface area contributed by atoms with Crippen molar-refractivity contribution in [3.8, 4) is 16.8 Å². The Morgan fingerprint density at radius 2 is 1.89 bits per heavy atom. The fourth-order valence-corrected chi connectivity index (χ4v) is 4.26. The summed E-state index contributed by atoms with van der Waals surface area (Å²) in [5.41, 5.74) is 6.93. The molecular formula is C21H15FN8O4S. The zero-order valence-corrected chi connectivity index (χ0v) is 18.4. The predicted octanol–water partition coefficient (Wildman–Crippen LogP) is 2.09. The summed E-state index contributed by atoms with van der Waals surface area (Å²) >= 11 is 0. The zero-order valence-electron chi connectivity index (χ0n) is 17.6. The number of nitrogens with zero attached hydrogens (tertiary/aromatic N) is 5. The predicted molar refractivity (Wildman–Crippen MR) is 122 cm³/mol. The number of nitrogens with two attached hydrogens (primary N) is 2. The van der Waals surface area contributed by atoms with Gasteiger partial charge in [0.05, 0.1) is 21.7 Å². The largest absolute Gasteiger partial charge is 0.380 e. The lowest BCUT2D eigenvalue weighted by Gasteiger charge is -2.11. The van der Waals surface area contributed by atoms with Crippen LogP contribution in [0.2, 0.25) is 0 Å². The van der Waals surface area contributed by atoms with Gasteiger partial charge >= 0.3 is 0 Å². The molecule has 0 aliphatic rings. The molecule has 176 valence electrons. The van der Waals surface area contributed by atoms with E-state index >= 15 is 0 Å². The third-order valence-electron chi connectivity index (χ3n) is 5.12. The van der Waals surface area contributed by atoms with Crippen molar-refractivity contribution in [2.45, 2.75) is 4.90 Å². The summed E-state index contributed by atoms with van der Waals surface area (Å²) < 4.78 is 44.8. The molecule has 14 heteroatoms. The van der Waals surface area contributed by atoms with Crippen LogP contribution in [0.3, 0.4) is 0 Å². The first kappa shape index (κ1) is 22.1. The third kappa shape index (κ3) is 4.07. The van der Waals surface area contributed by atoms with Crippen molar-refractivity contribution in [2.75, 3.05) is 11.1 Å². The number of hydrogen-bond acceptors (Lipinski definition) is 9. The Morgan fingerprint density at radius 3 is 2.66 bits per heavy atom. The smallest absolute Gasteiger partial charge is 0.295 e. The van der Waals surface area contributed by atoms with Gasteiger partial charge in [-0.25, -0.2) is 17.9 Å². The summed E-state index contributed by atoms with van der Waals surface area (Å²) in [5.74, 6) is -1.66. The molecule has 0 unspecified atom stereocenters. The molecule has 0 atom stereocenters. The SMILES string of the molecule is Nc1noc2ccc(-n3nnnc3C(=O)Nc3ccc(-c4ccccc4S(N)(=O)=O)cc3F)cc12. The Balaban J connectivity index is 1.44. The van der Waals surface area contributed by atoms with Crippen LogP contribution in [0.25, 0.3) is 27.8 Å². The molecule has 5 rings (SSSR count). The summed E-state index contributed by atoms with van der Waals surface area (Å²) in [6.45, 7) is 0. The molecule has 12 nitrogen and oxygen atoms in total. The van der Waals surface area contributed by atoms with Gasteiger partial charge in [-0.15, -0.1) is 5.10 Å². The zero-order chi connectivity index (χ0) is 24.7. The van der Waals surface area contributed by atoms with Crippen LogP contribution < -0.4 is 16.2 Å². The van der Waals surface area contributed by atoms with Gasteiger partial charge in [-0.1, -0.05) is 29.4 Å². The molecule has 0 saturated carbocycles. The molecule has 2 aromatic heterocycles. The lowest BCUT2D eigenvalue weighted by molar-refractivity contribution is 0.101. The average molecular weight is 494 g/mol. The molecular weight excluding hydrogens is 479 g/mol. The second-order valence-corrected chi connectivity index (χ2v) is 8.88. The minimum Gasteiger partial charge on any atom is -0.380 e. The lowest BCUT2D eigenvalue weighted by atomic mass is 10.0. The molecule has 5 N–H and O–H groups in total. The van der Waals surface area contributed by atoms with Gasteiger partial charge in [0.25, 0.3) is 5.91 Å². The molecule has 0 spiro atoms. The van der Waals surface area contributed by atoms with E-state index in [0.717, 1.165) is 10.7 Å². The Kier molecular flexibility index (Phi) is 5.22. The number of sulfonamides is 1. The number of nitrogen functional groups attached to an aromatic ring is 1. The monoisotopic (exact) mass is 494 g/mol. The first-order chi connectivity index (χ1) is 16.7. The van der Waals surface area contributed by atoms with E-state index in [9.17, 15) is 17.6 Å². The van der Waals surface area contributed by atoms with Crippen molar-refractivity contribution < 1.29 is 22.1 Å². The Hall–Kier alpha value is -4.69. The van der Waals surface area contributed by atoms with Gasteiger partial charge in [-0.2, -0.15) is 4.68 Å². The van der Waals surface area contributed by atoms with E-state index in [0.29, 0.717) is 16.7 Å². The number of tetrazole rings is 1. The quantitative estimate of drug-likeness (QED) is 0.329. The standard InChI is InChI=1S/C21H15FN8O4S/c22-15-9-11(13-3-1-2-4-18(13)35(24,32)33)5-7-16(15)25-21(31)20-26-28-29-30(20)12-6-8-17-14(10-12)19(23)27-34-17/h1-10H,(H2,23,27)(H,25,31)(H2,24,32,33). The highest BCUT2D eigenvalue weighted by molar-refractivity contribution is 7.89. The van der Waals surface area contributed by atoms with Crippen molar-refractivity contribution in [3.05, 3.63) is 72.3 Å². The van der Waals surface area contributed by atoms with Crippen LogP contribution in [0.15, 0.2) is 70.1 Å². The van der Waals surface area contributed by atoms with Crippen LogP contribution in [-0.4, -0.2) is 39.7 Å². The van der Waals surface area contributed by atoms with E-state index in [4.69, 9.17) is 15.4 Å². The fraction of sp³-hybridized carbons (Fsp3) is 0. The van der Waals surface area contributed by atoms with Gasteiger partial charge in [0.1, 0.15) is 5.82 Å². The van der Waals surface area contributed by atoms with Crippen LogP contribution in [0.1, 0.15) is 10.6 Å². The number of aromatic nitrogens is 5. The Labute approximate surface area is 196 Å². The van der Waals surface area contributed by atoms with Crippen LogP contribution in [0.4, 0.5) is 15.9 Å². The van der Waals surface area contributed by atoms with Crippen molar-refractivity contribution in [3.63, 3.8) is 0 Å². The average Bonchev–Trinajstić information content (AvgIpc) is 3.47. The topological polar surface area (TPSA) is 185 Å². The maximum Gasteiger partial charge on any atom is 0.295 e. The van der Waals surface area contributed by atoms with E-state index < -0.39 is 21.7 Å². The molecule has 0 aliphatic heterocycles. The Morgan fingerprint density at radius 1 is 1.09 bits per heavy atom. The van der Waals surface area contributed by atoms with Crippen LogP contribution >= 0.6 is 0 Å². The molecule has 2 heterocycles.